The number of thiocarbonyl (C=S) groups is 1. The summed E-state index contributed by atoms with van der Waals surface area (Å²) in [5.41, 5.74) is 5.59. The number of rotatable bonds is 4. The molecule has 2 aromatic rings. The molecule has 6 nitrogen and oxygen atoms in total. The minimum Gasteiger partial charge on any atom is -0.326 e. The van der Waals surface area contributed by atoms with Gasteiger partial charge < -0.3 is 5.32 Å². The van der Waals surface area contributed by atoms with E-state index in [2.05, 4.69) is 40.1 Å². The van der Waals surface area contributed by atoms with E-state index < -0.39 is 4.92 Å². The number of hydrogen-bond donors (Lipinski definition) is 2. The third-order valence-electron chi connectivity index (χ3n) is 4.50. The second kappa shape index (κ2) is 8.53. The number of hydrogen-bond acceptors (Lipinski definition) is 4. The Morgan fingerprint density at radius 2 is 1.73 bits per heavy atom. The molecule has 0 saturated heterocycles. The van der Waals surface area contributed by atoms with Crippen molar-refractivity contribution in [1.29, 1.82) is 0 Å². The summed E-state index contributed by atoms with van der Waals surface area (Å²) in [5.74, 6) is 0.576. The number of benzene rings is 2. The SMILES string of the molecule is O=[N+]([O-])c1ccccc1NC(=S)NN=C1CCC(c2ccccc2)CC1. The van der Waals surface area contributed by atoms with Gasteiger partial charge in [0.15, 0.2) is 5.11 Å². The van der Waals surface area contributed by atoms with E-state index in [1.54, 1.807) is 18.2 Å². The van der Waals surface area contributed by atoms with Crippen LogP contribution in [0.25, 0.3) is 0 Å². The lowest BCUT2D eigenvalue weighted by atomic mass is 9.83. The molecule has 0 atom stereocenters. The number of nitrogens with zero attached hydrogens (tertiary/aromatic N) is 2. The second-order valence-electron chi connectivity index (χ2n) is 6.20. The van der Waals surface area contributed by atoms with Gasteiger partial charge in [-0.3, -0.25) is 15.5 Å². The molecular formula is C19H20N4O2S. The van der Waals surface area contributed by atoms with E-state index in [1.807, 2.05) is 6.07 Å². The van der Waals surface area contributed by atoms with Crippen LogP contribution in [0.15, 0.2) is 59.7 Å². The van der Waals surface area contributed by atoms with Crippen LogP contribution < -0.4 is 10.7 Å². The lowest BCUT2D eigenvalue weighted by Gasteiger charge is -2.23. The van der Waals surface area contributed by atoms with Crippen LogP contribution in [0.1, 0.15) is 37.2 Å². The summed E-state index contributed by atoms with van der Waals surface area (Å²) in [7, 11) is 0. The number of nitro benzene ring substituents is 1. The fourth-order valence-corrected chi connectivity index (χ4v) is 3.30. The van der Waals surface area contributed by atoms with Crippen LogP contribution in [0.5, 0.6) is 0 Å². The highest BCUT2D eigenvalue weighted by molar-refractivity contribution is 7.80. The minimum atomic E-state index is -0.443. The highest BCUT2D eigenvalue weighted by atomic mass is 32.1. The van der Waals surface area contributed by atoms with Gasteiger partial charge in [-0.25, -0.2) is 0 Å². The summed E-state index contributed by atoms with van der Waals surface area (Å²) in [5, 5.41) is 18.5. The first-order valence-corrected chi connectivity index (χ1v) is 8.95. The predicted octanol–water partition coefficient (Wildman–Crippen LogP) is 4.60. The molecule has 2 aromatic carbocycles. The van der Waals surface area contributed by atoms with Crippen LogP contribution in [-0.4, -0.2) is 15.7 Å². The molecule has 26 heavy (non-hydrogen) atoms. The molecule has 7 heteroatoms. The number of para-hydroxylation sites is 2. The molecule has 0 aromatic heterocycles. The van der Waals surface area contributed by atoms with E-state index in [0.29, 0.717) is 11.6 Å². The normalized spacial score (nSPS) is 16.6. The molecule has 1 aliphatic rings. The largest absolute Gasteiger partial charge is 0.326 e. The van der Waals surface area contributed by atoms with Gasteiger partial charge in [-0.2, -0.15) is 5.10 Å². The van der Waals surface area contributed by atoms with Gasteiger partial charge in [-0.1, -0.05) is 42.5 Å². The minimum absolute atomic E-state index is 0.0207. The molecule has 3 rings (SSSR count). The maximum absolute atomic E-state index is 11.0. The van der Waals surface area contributed by atoms with Gasteiger partial charge in [0.05, 0.1) is 4.92 Å². The van der Waals surface area contributed by atoms with Gasteiger partial charge in [0, 0.05) is 11.8 Å². The molecule has 1 saturated carbocycles. The highest BCUT2D eigenvalue weighted by Gasteiger charge is 2.19. The van der Waals surface area contributed by atoms with Crippen molar-refractivity contribution in [2.75, 3.05) is 5.32 Å². The summed E-state index contributed by atoms with van der Waals surface area (Å²) >= 11 is 5.20. The van der Waals surface area contributed by atoms with Gasteiger partial charge in [-0.05, 0) is 55.4 Å². The number of nitro groups is 1. The summed E-state index contributed by atoms with van der Waals surface area (Å²) < 4.78 is 0. The van der Waals surface area contributed by atoms with Crippen molar-refractivity contribution in [3.8, 4) is 0 Å². The van der Waals surface area contributed by atoms with E-state index in [1.165, 1.54) is 11.6 Å². The Balaban J connectivity index is 1.53. The van der Waals surface area contributed by atoms with Crippen LogP contribution in [0.4, 0.5) is 11.4 Å². The first-order valence-electron chi connectivity index (χ1n) is 8.54. The first-order chi connectivity index (χ1) is 12.6. The van der Waals surface area contributed by atoms with Crippen molar-refractivity contribution >= 4 is 34.4 Å². The van der Waals surface area contributed by atoms with Crippen molar-refractivity contribution in [2.45, 2.75) is 31.6 Å². The molecule has 0 radical (unpaired) electrons. The van der Waals surface area contributed by atoms with E-state index in [4.69, 9.17) is 12.2 Å². The Labute approximate surface area is 157 Å². The van der Waals surface area contributed by atoms with Crippen LogP contribution in [0.2, 0.25) is 0 Å². The topological polar surface area (TPSA) is 79.6 Å². The number of hydrazone groups is 1. The summed E-state index contributed by atoms with van der Waals surface area (Å²) in [6.45, 7) is 0. The van der Waals surface area contributed by atoms with Gasteiger partial charge in [-0.15, -0.1) is 0 Å². The average Bonchev–Trinajstić information content (AvgIpc) is 2.68. The molecule has 0 bridgehead atoms. The smallest absolute Gasteiger partial charge is 0.292 e. The Bertz CT molecular complexity index is 813. The third kappa shape index (κ3) is 4.64. The standard InChI is InChI=1S/C19H20N4O2S/c24-23(25)18-9-5-4-8-17(18)20-19(26)22-21-16-12-10-15(11-13-16)14-6-2-1-3-7-14/h1-9,15H,10-13H2,(H2,20,22,26). The zero-order chi connectivity index (χ0) is 18.4. The van der Waals surface area contributed by atoms with Gasteiger partial charge in [0.25, 0.3) is 5.69 Å². The molecule has 1 fully saturated rings. The predicted molar refractivity (Wildman–Crippen MR) is 108 cm³/mol. The first kappa shape index (κ1) is 18.0. The molecule has 134 valence electrons. The van der Waals surface area contributed by atoms with E-state index in [0.717, 1.165) is 31.4 Å². The fourth-order valence-electron chi connectivity index (χ4n) is 3.14. The van der Waals surface area contributed by atoms with Crippen molar-refractivity contribution in [1.82, 2.24) is 5.43 Å². The summed E-state index contributed by atoms with van der Waals surface area (Å²) in [4.78, 5) is 10.6. The molecule has 0 spiro atoms. The van der Waals surface area contributed by atoms with Crippen molar-refractivity contribution in [3.05, 3.63) is 70.3 Å². The lowest BCUT2D eigenvalue weighted by molar-refractivity contribution is -0.383. The maximum Gasteiger partial charge on any atom is 0.292 e. The summed E-state index contributed by atoms with van der Waals surface area (Å²) in [6.07, 6.45) is 3.96. The monoisotopic (exact) mass is 368 g/mol. The quantitative estimate of drug-likeness (QED) is 0.468. The van der Waals surface area contributed by atoms with E-state index in [9.17, 15) is 10.1 Å². The Morgan fingerprint density at radius 3 is 2.42 bits per heavy atom. The number of nitrogens with one attached hydrogen (secondary N) is 2. The molecule has 0 unspecified atom stereocenters. The lowest BCUT2D eigenvalue weighted by Crippen LogP contribution is -2.26. The maximum atomic E-state index is 11.0. The fraction of sp³-hybridized carbons (Fsp3) is 0.263. The third-order valence-corrected chi connectivity index (χ3v) is 4.69. The molecule has 0 heterocycles. The Morgan fingerprint density at radius 1 is 1.08 bits per heavy atom. The van der Waals surface area contributed by atoms with Crippen LogP contribution in [0.3, 0.4) is 0 Å². The van der Waals surface area contributed by atoms with Crippen molar-refractivity contribution in [3.63, 3.8) is 0 Å². The van der Waals surface area contributed by atoms with Gasteiger partial charge in [0.2, 0.25) is 0 Å². The van der Waals surface area contributed by atoms with E-state index in [-0.39, 0.29) is 10.8 Å². The van der Waals surface area contributed by atoms with Crippen molar-refractivity contribution < 1.29 is 4.92 Å². The average molecular weight is 368 g/mol. The number of anilines is 1. The molecular weight excluding hydrogens is 348 g/mol. The Kier molecular flexibility index (Phi) is 5.91. The van der Waals surface area contributed by atoms with Crippen LogP contribution >= 0.6 is 12.2 Å². The zero-order valence-corrected chi connectivity index (χ0v) is 15.0. The van der Waals surface area contributed by atoms with Gasteiger partial charge in [0.1, 0.15) is 5.69 Å². The second-order valence-corrected chi connectivity index (χ2v) is 6.61. The van der Waals surface area contributed by atoms with E-state index >= 15 is 0 Å². The van der Waals surface area contributed by atoms with Crippen LogP contribution in [0, 0.1) is 10.1 Å². The summed E-state index contributed by atoms with van der Waals surface area (Å²) in [6, 6.07) is 16.9. The Hall–Kier alpha value is -2.80. The molecule has 0 amide bonds. The van der Waals surface area contributed by atoms with Gasteiger partial charge >= 0.3 is 0 Å². The molecule has 1 aliphatic carbocycles. The van der Waals surface area contributed by atoms with Crippen molar-refractivity contribution in [2.24, 2.45) is 5.10 Å². The highest BCUT2D eigenvalue weighted by Crippen LogP contribution is 2.31. The molecule has 2 N–H and O–H groups in total. The molecule has 0 aliphatic heterocycles. The van der Waals surface area contributed by atoms with Crippen LogP contribution in [-0.2, 0) is 0 Å². The zero-order valence-electron chi connectivity index (χ0n) is 14.2.